The lowest BCUT2D eigenvalue weighted by molar-refractivity contribution is -0.384. The molecule has 0 aromatic heterocycles. The first-order chi connectivity index (χ1) is 14.7. The number of halogens is 3. The number of rotatable bonds is 6. The summed E-state index contributed by atoms with van der Waals surface area (Å²) < 4.78 is 43.8. The number of carbonyl (C=O) groups is 1. The van der Waals surface area contributed by atoms with Gasteiger partial charge in [-0.2, -0.15) is 13.2 Å². The van der Waals surface area contributed by atoms with E-state index in [4.69, 9.17) is 4.74 Å². The summed E-state index contributed by atoms with van der Waals surface area (Å²) in [6.45, 7) is 1.05. The molecule has 7 nitrogen and oxygen atoms in total. The monoisotopic (exact) mass is 437 g/mol. The summed E-state index contributed by atoms with van der Waals surface area (Å²) in [5.41, 5.74) is -0.588. The second-order valence-electron chi connectivity index (χ2n) is 7.29. The summed E-state index contributed by atoms with van der Waals surface area (Å²) in [6, 6.07) is 9.84. The zero-order valence-corrected chi connectivity index (χ0v) is 16.8. The summed E-state index contributed by atoms with van der Waals surface area (Å²) in [7, 11) is 1.57. The Morgan fingerprint density at radius 3 is 2.39 bits per heavy atom. The van der Waals surface area contributed by atoms with E-state index in [1.54, 1.807) is 24.1 Å². The minimum atomic E-state index is -4.65. The van der Waals surface area contributed by atoms with Crippen LogP contribution < -0.4 is 15.0 Å². The Morgan fingerprint density at radius 1 is 1.19 bits per heavy atom. The summed E-state index contributed by atoms with van der Waals surface area (Å²) in [5.74, 6) is 0.347. The molecular weight excluding hydrogens is 415 g/mol. The average Bonchev–Trinajstić information content (AvgIpc) is 2.77. The first kappa shape index (κ1) is 22.4. The standard InChI is InChI=1S/C21H22F3N3O4/c1-31-17-5-2-14(3-6-17)13-25-20(28)15-8-10-26(11-9-15)18-7-4-16(21(22,23)24)12-19(18)27(29)30/h2-7,12,15H,8-11,13H2,1H3,(H,25,28). The molecule has 0 radical (unpaired) electrons. The molecule has 0 saturated carbocycles. The number of amides is 1. The van der Waals surface area contributed by atoms with Gasteiger partial charge < -0.3 is 15.0 Å². The average molecular weight is 437 g/mol. The molecular formula is C21H22F3N3O4. The second-order valence-corrected chi connectivity index (χ2v) is 7.29. The smallest absolute Gasteiger partial charge is 0.416 e. The van der Waals surface area contributed by atoms with E-state index < -0.39 is 22.4 Å². The van der Waals surface area contributed by atoms with E-state index in [-0.39, 0.29) is 17.5 Å². The van der Waals surface area contributed by atoms with E-state index in [1.807, 2.05) is 12.1 Å². The number of anilines is 1. The predicted octanol–water partition coefficient (Wildman–Crippen LogP) is 4.16. The van der Waals surface area contributed by atoms with Gasteiger partial charge in [0.15, 0.2) is 0 Å². The number of carbonyl (C=O) groups excluding carboxylic acids is 1. The fourth-order valence-corrected chi connectivity index (χ4v) is 3.57. The third kappa shape index (κ3) is 5.44. The van der Waals surface area contributed by atoms with Crippen LogP contribution in [0.2, 0.25) is 0 Å². The van der Waals surface area contributed by atoms with Gasteiger partial charge in [0.05, 0.1) is 17.6 Å². The van der Waals surface area contributed by atoms with E-state index in [0.29, 0.717) is 38.5 Å². The van der Waals surface area contributed by atoms with Crippen LogP contribution in [-0.2, 0) is 17.5 Å². The number of alkyl halides is 3. The molecule has 0 bridgehead atoms. The Hall–Kier alpha value is -3.30. The molecule has 2 aromatic rings. The highest BCUT2D eigenvalue weighted by molar-refractivity contribution is 5.79. The number of hydrogen-bond donors (Lipinski definition) is 1. The Kier molecular flexibility index (Phi) is 6.67. The first-order valence-electron chi connectivity index (χ1n) is 9.70. The van der Waals surface area contributed by atoms with E-state index in [1.165, 1.54) is 0 Å². The predicted molar refractivity (Wildman–Crippen MR) is 108 cm³/mol. The summed E-state index contributed by atoms with van der Waals surface area (Å²) in [5, 5.41) is 14.2. The molecule has 10 heteroatoms. The number of benzene rings is 2. The fraction of sp³-hybridized carbons (Fsp3) is 0.381. The number of nitro groups is 1. The van der Waals surface area contributed by atoms with Crippen LogP contribution >= 0.6 is 0 Å². The van der Waals surface area contributed by atoms with Crippen LogP contribution in [0.4, 0.5) is 24.5 Å². The SMILES string of the molecule is COc1ccc(CNC(=O)C2CCN(c3ccc(C(F)(F)F)cc3[N+](=O)[O-])CC2)cc1. The van der Waals surface area contributed by atoms with Crippen LogP contribution in [-0.4, -0.2) is 31.0 Å². The van der Waals surface area contributed by atoms with Crippen molar-refractivity contribution in [2.45, 2.75) is 25.6 Å². The Labute approximate surface area is 177 Å². The van der Waals surface area contributed by atoms with E-state index in [9.17, 15) is 28.1 Å². The van der Waals surface area contributed by atoms with Crippen molar-refractivity contribution in [2.75, 3.05) is 25.1 Å². The van der Waals surface area contributed by atoms with Crippen LogP contribution in [0.5, 0.6) is 5.75 Å². The van der Waals surface area contributed by atoms with Gasteiger partial charge in [-0.3, -0.25) is 14.9 Å². The number of nitrogens with one attached hydrogen (secondary N) is 1. The van der Waals surface area contributed by atoms with Crippen LogP contribution in [0.3, 0.4) is 0 Å². The summed E-state index contributed by atoms with van der Waals surface area (Å²) in [4.78, 5) is 24.6. The molecule has 1 heterocycles. The lowest BCUT2D eigenvalue weighted by Crippen LogP contribution is -2.40. The molecule has 0 aliphatic carbocycles. The molecule has 2 aromatic carbocycles. The van der Waals surface area contributed by atoms with Crippen LogP contribution in [0.25, 0.3) is 0 Å². The molecule has 3 rings (SSSR count). The van der Waals surface area contributed by atoms with Crippen molar-refractivity contribution in [1.82, 2.24) is 5.32 Å². The largest absolute Gasteiger partial charge is 0.497 e. The molecule has 1 amide bonds. The van der Waals surface area contributed by atoms with Crippen molar-refractivity contribution in [3.63, 3.8) is 0 Å². The van der Waals surface area contributed by atoms with Gasteiger partial charge in [-0.05, 0) is 42.7 Å². The van der Waals surface area contributed by atoms with Crippen LogP contribution in [0.1, 0.15) is 24.0 Å². The zero-order chi connectivity index (χ0) is 22.6. The molecule has 31 heavy (non-hydrogen) atoms. The van der Waals surface area contributed by atoms with Gasteiger partial charge in [0.25, 0.3) is 5.69 Å². The van der Waals surface area contributed by atoms with Crippen LogP contribution in [0, 0.1) is 16.0 Å². The second kappa shape index (κ2) is 9.23. The maximum Gasteiger partial charge on any atom is 0.416 e. The van der Waals surface area contributed by atoms with Crippen molar-refractivity contribution >= 4 is 17.3 Å². The van der Waals surface area contributed by atoms with Crippen LogP contribution in [0.15, 0.2) is 42.5 Å². The third-order valence-corrected chi connectivity index (χ3v) is 5.33. The van der Waals surface area contributed by atoms with Gasteiger partial charge in [0, 0.05) is 31.6 Å². The number of methoxy groups -OCH3 is 1. The topological polar surface area (TPSA) is 84.7 Å². The quantitative estimate of drug-likeness (QED) is 0.542. The number of nitro benzene ring substituents is 1. The van der Waals surface area contributed by atoms with Crippen molar-refractivity contribution in [1.29, 1.82) is 0 Å². The van der Waals surface area contributed by atoms with Gasteiger partial charge in [-0.15, -0.1) is 0 Å². The lowest BCUT2D eigenvalue weighted by Gasteiger charge is -2.32. The fourth-order valence-electron chi connectivity index (χ4n) is 3.57. The highest BCUT2D eigenvalue weighted by Crippen LogP contribution is 2.37. The highest BCUT2D eigenvalue weighted by Gasteiger charge is 2.34. The summed E-state index contributed by atoms with van der Waals surface area (Å²) >= 11 is 0. The zero-order valence-electron chi connectivity index (χ0n) is 16.8. The highest BCUT2D eigenvalue weighted by atomic mass is 19.4. The number of nitrogens with zero attached hydrogens (tertiary/aromatic N) is 2. The van der Waals surface area contributed by atoms with Gasteiger partial charge >= 0.3 is 6.18 Å². The first-order valence-corrected chi connectivity index (χ1v) is 9.70. The molecule has 166 valence electrons. The van der Waals surface area contributed by atoms with Gasteiger partial charge in [0.2, 0.25) is 5.91 Å². The van der Waals surface area contributed by atoms with Crippen molar-refractivity contribution in [3.05, 3.63) is 63.7 Å². The molecule has 1 aliphatic rings. The lowest BCUT2D eigenvalue weighted by atomic mass is 9.95. The number of piperidine rings is 1. The van der Waals surface area contributed by atoms with E-state index in [2.05, 4.69) is 5.32 Å². The van der Waals surface area contributed by atoms with Gasteiger partial charge in [-0.25, -0.2) is 0 Å². The van der Waals surface area contributed by atoms with Crippen molar-refractivity contribution in [3.8, 4) is 5.75 Å². The van der Waals surface area contributed by atoms with Gasteiger partial charge in [0.1, 0.15) is 11.4 Å². The number of ether oxygens (including phenoxy) is 1. The normalized spacial score (nSPS) is 14.9. The minimum absolute atomic E-state index is 0.114. The summed E-state index contributed by atoms with van der Waals surface area (Å²) in [6.07, 6.45) is -3.75. The molecule has 1 saturated heterocycles. The number of hydrogen-bond acceptors (Lipinski definition) is 5. The molecule has 0 unspecified atom stereocenters. The Balaban J connectivity index is 1.59. The van der Waals surface area contributed by atoms with Crippen molar-refractivity contribution < 1.29 is 27.6 Å². The maximum absolute atomic E-state index is 12.9. The van der Waals surface area contributed by atoms with E-state index >= 15 is 0 Å². The van der Waals surface area contributed by atoms with Crippen molar-refractivity contribution in [2.24, 2.45) is 5.92 Å². The minimum Gasteiger partial charge on any atom is -0.497 e. The maximum atomic E-state index is 12.9. The Bertz CT molecular complexity index is 940. The molecule has 0 spiro atoms. The molecule has 0 atom stereocenters. The molecule has 1 N–H and O–H groups in total. The van der Waals surface area contributed by atoms with Gasteiger partial charge in [-0.1, -0.05) is 12.1 Å². The van der Waals surface area contributed by atoms with E-state index in [0.717, 1.165) is 23.4 Å². The molecule has 1 fully saturated rings. The molecule has 1 aliphatic heterocycles. The Morgan fingerprint density at radius 2 is 1.84 bits per heavy atom. The third-order valence-electron chi connectivity index (χ3n) is 5.33.